The van der Waals surface area contributed by atoms with Gasteiger partial charge in [-0.2, -0.15) is 0 Å². The third kappa shape index (κ3) is 3.17. The number of aliphatic hydroxyl groups excluding tert-OH is 4. The Morgan fingerprint density at radius 2 is 1.95 bits per heavy atom. The third-order valence-corrected chi connectivity index (χ3v) is 4.07. The number of hydrogen-bond donors (Lipinski definition) is 5. The van der Waals surface area contributed by atoms with Gasteiger partial charge in [-0.05, 0) is 11.4 Å². The van der Waals surface area contributed by atoms with Gasteiger partial charge in [0.2, 0.25) is 0 Å². The highest BCUT2D eigenvalue weighted by atomic mass is 32.1. The molecule has 1 aromatic rings. The van der Waals surface area contributed by atoms with E-state index >= 15 is 0 Å². The zero-order valence-corrected chi connectivity index (χ0v) is 11.4. The van der Waals surface area contributed by atoms with E-state index in [0.717, 1.165) is 0 Å². The van der Waals surface area contributed by atoms with E-state index in [-0.39, 0.29) is 12.5 Å². The van der Waals surface area contributed by atoms with Crippen molar-refractivity contribution in [3.05, 3.63) is 22.4 Å². The summed E-state index contributed by atoms with van der Waals surface area (Å²) < 4.78 is 5.28. The van der Waals surface area contributed by atoms with Gasteiger partial charge in [-0.15, -0.1) is 11.3 Å². The minimum Gasteiger partial charge on any atom is -0.394 e. The molecule has 0 saturated carbocycles. The molecule has 0 spiro atoms. The molecule has 2 heterocycles. The van der Waals surface area contributed by atoms with Crippen molar-refractivity contribution in [2.24, 2.45) is 0 Å². The molecule has 5 N–H and O–H groups in total. The molecule has 0 aromatic carbocycles. The van der Waals surface area contributed by atoms with E-state index in [9.17, 15) is 20.1 Å². The zero-order valence-electron chi connectivity index (χ0n) is 10.5. The molecule has 8 heteroatoms. The molecule has 0 aliphatic carbocycles. The third-order valence-electron chi connectivity index (χ3n) is 3.20. The molecule has 1 amide bonds. The summed E-state index contributed by atoms with van der Waals surface area (Å²) in [6.07, 6.45) is -6.01. The van der Waals surface area contributed by atoms with Gasteiger partial charge < -0.3 is 30.5 Å². The van der Waals surface area contributed by atoms with Gasteiger partial charge >= 0.3 is 0 Å². The van der Waals surface area contributed by atoms with Gasteiger partial charge in [0.15, 0.2) is 0 Å². The number of ether oxygens (including phenoxy) is 1. The highest BCUT2D eigenvalue weighted by Crippen LogP contribution is 2.20. The quantitative estimate of drug-likeness (QED) is 0.453. The predicted molar refractivity (Wildman–Crippen MR) is 70.4 cm³/mol. The Bertz CT molecular complexity index is 437. The van der Waals surface area contributed by atoms with Gasteiger partial charge in [0.05, 0.1) is 11.5 Å². The van der Waals surface area contributed by atoms with Gasteiger partial charge in [0, 0.05) is 6.54 Å². The maximum Gasteiger partial charge on any atom is 0.261 e. The lowest BCUT2D eigenvalue weighted by atomic mass is 9.95. The lowest BCUT2D eigenvalue weighted by Crippen LogP contribution is -2.60. The van der Waals surface area contributed by atoms with E-state index in [0.29, 0.717) is 4.88 Å². The zero-order chi connectivity index (χ0) is 14.7. The summed E-state index contributed by atoms with van der Waals surface area (Å²) in [4.78, 5) is 12.3. The van der Waals surface area contributed by atoms with Gasteiger partial charge in [0.25, 0.3) is 5.91 Å². The summed E-state index contributed by atoms with van der Waals surface area (Å²) in [7, 11) is 0. The molecule has 2 rings (SSSR count). The Balaban J connectivity index is 1.93. The summed E-state index contributed by atoms with van der Waals surface area (Å²) in [5.41, 5.74) is 0. The van der Waals surface area contributed by atoms with Crippen molar-refractivity contribution in [3.8, 4) is 0 Å². The Labute approximate surface area is 119 Å². The molecule has 0 radical (unpaired) electrons. The minimum atomic E-state index is -1.43. The van der Waals surface area contributed by atoms with Crippen LogP contribution in [-0.2, 0) is 4.74 Å². The SMILES string of the molecule is O=C(NC[C@@H]1O[C@H](CO)[C@@H](O)[C@H](O)[C@H]1O)c1cccs1. The van der Waals surface area contributed by atoms with Crippen LogP contribution in [0.5, 0.6) is 0 Å². The predicted octanol–water partition coefficient (Wildman–Crippen LogP) is -1.68. The first-order chi connectivity index (χ1) is 9.54. The van der Waals surface area contributed by atoms with Crippen LogP contribution < -0.4 is 5.32 Å². The summed E-state index contributed by atoms with van der Waals surface area (Å²) in [5, 5.41) is 42.4. The second-order valence-electron chi connectivity index (χ2n) is 4.55. The fourth-order valence-corrected chi connectivity index (χ4v) is 2.68. The average molecular weight is 303 g/mol. The minimum absolute atomic E-state index is 0.0296. The van der Waals surface area contributed by atoms with E-state index in [1.165, 1.54) is 11.3 Å². The Hall–Kier alpha value is -1.03. The van der Waals surface area contributed by atoms with Crippen LogP contribution in [0.2, 0.25) is 0 Å². The molecule has 5 atom stereocenters. The Morgan fingerprint density at radius 1 is 1.25 bits per heavy atom. The summed E-state index contributed by atoms with van der Waals surface area (Å²) in [6.45, 7) is -0.515. The van der Waals surface area contributed by atoms with E-state index in [2.05, 4.69) is 5.32 Å². The largest absolute Gasteiger partial charge is 0.394 e. The molecule has 7 nitrogen and oxygen atoms in total. The van der Waals surface area contributed by atoms with Crippen LogP contribution in [0.15, 0.2) is 17.5 Å². The van der Waals surface area contributed by atoms with Crippen LogP contribution in [0.25, 0.3) is 0 Å². The number of carbonyl (C=O) groups excluding carboxylic acids is 1. The molecule has 1 aliphatic rings. The second kappa shape index (κ2) is 6.61. The van der Waals surface area contributed by atoms with Crippen LogP contribution in [0.1, 0.15) is 9.67 Å². The number of rotatable bonds is 4. The van der Waals surface area contributed by atoms with Crippen molar-refractivity contribution >= 4 is 17.2 Å². The van der Waals surface area contributed by atoms with Crippen LogP contribution in [0.3, 0.4) is 0 Å². The molecule has 1 aliphatic heterocycles. The normalized spacial score (nSPS) is 33.9. The number of carbonyl (C=O) groups is 1. The van der Waals surface area contributed by atoms with Crippen molar-refractivity contribution in [3.63, 3.8) is 0 Å². The first-order valence-electron chi connectivity index (χ1n) is 6.16. The molecule has 0 unspecified atom stereocenters. The van der Waals surface area contributed by atoms with Gasteiger partial charge in [-0.1, -0.05) is 6.07 Å². The van der Waals surface area contributed by atoms with E-state index in [4.69, 9.17) is 9.84 Å². The molecular formula is C12H17NO6S. The molecule has 1 fully saturated rings. The molecule has 112 valence electrons. The lowest BCUT2D eigenvalue weighted by Gasteiger charge is -2.40. The standard InChI is InChI=1S/C12H17NO6S/c14-5-7-10(16)11(17)9(15)6(19-7)4-13-12(18)8-2-1-3-20-8/h1-3,6-7,9-11,14-17H,4-5H2,(H,13,18)/t6-,7+,9-,10+,11+/m0/s1. The van der Waals surface area contributed by atoms with Crippen molar-refractivity contribution in [2.45, 2.75) is 30.5 Å². The number of aliphatic hydroxyl groups is 4. The first-order valence-corrected chi connectivity index (χ1v) is 7.04. The van der Waals surface area contributed by atoms with Crippen molar-refractivity contribution in [1.29, 1.82) is 0 Å². The molecular weight excluding hydrogens is 286 g/mol. The number of hydrogen-bond acceptors (Lipinski definition) is 7. The van der Waals surface area contributed by atoms with Crippen LogP contribution >= 0.6 is 11.3 Å². The maximum atomic E-state index is 11.8. The Kier molecular flexibility index (Phi) is 5.08. The fourth-order valence-electron chi connectivity index (χ4n) is 2.04. The van der Waals surface area contributed by atoms with Gasteiger partial charge in [-0.25, -0.2) is 0 Å². The second-order valence-corrected chi connectivity index (χ2v) is 5.50. The highest BCUT2D eigenvalue weighted by Gasteiger charge is 2.43. The van der Waals surface area contributed by atoms with Crippen LogP contribution in [0.4, 0.5) is 0 Å². The summed E-state index contributed by atoms with van der Waals surface area (Å²) >= 11 is 1.28. The topological polar surface area (TPSA) is 119 Å². The molecule has 20 heavy (non-hydrogen) atoms. The number of thiophene rings is 1. The molecule has 1 saturated heterocycles. The molecule has 0 bridgehead atoms. The van der Waals surface area contributed by atoms with Crippen molar-refractivity contribution in [2.75, 3.05) is 13.2 Å². The fraction of sp³-hybridized carbons (Fsp3) is 0.583. The molecule has 1 aromatic heterocycles. The summed E-state index contributed by atoms with van der Waals surface area (Å²) in [5.74, 6) is -0.308. The van der Waals surface area contributed by atoms with E-state index in [1.807, 2.05) is 0 Å². The Morgan fingerprint density at radius 3 is 2.55 bits per heavy atom. The smallest absolute Gasteiger partial charge is 0.261 e. The number of nitrogens with one attached hydrogen (secondary N) is 1. The van der Waals surface area contributed by atoms with Gasteiger partial charge in [-0.3, -0.25) is 4.79 Å². The maximum absolute atomic E-state index is 11.8. The highest BCUT2D eigenvalue weighted by molar-refractivity contribution is 7.12. The van der Waals surface area contributed by atoms with Gasteiger partial charge in [0.1, 0.15) is 30.5 Å². The van der Waals surface area contributed by atoms with E-state index in [1.54, 1.807) is 17.5 Å². The van der Waals surface area contributed by atoms with Crippen LogP contribution in [0, 0.1) is 0 Å². The van der Waals surface area contributed by atoms with Crippen LogP contribution in [-0.4, -0.2) is 70.0 Å². The van der Waals surface area contributed by atoms with Crippen molar-refractivity contribution in [1.82, 2.24) is 5.32 Å². The lowest BCUT2D eigenvalue weighted by molar-refractivity contribution is -0.227. The van der Waals surface area contributed by atoms with E-state index < -0.39 is 37.1 Å². The average Bonchev–Trinajstić information content (AvgIpc) is 2.98. The monoisotopic (exact) mass is 303 g/mol. The van der Waals surface area contributed by atoms with Crippen molar-refractivity contribution < 1.29 is 30.0 Å². The summed E-state index contributed by atoms with van der Waals surface area (Å²) in [6, 6.07) is 3.40. The first kappa shape index (κ1) is 15.4. The number of amides is 1.